The number of rotatable bonds is 5. The molecule has 20 heavy (non-hydrogen) atoms. The smallest absolute Gasteiger partial charge is 0.0594 e. The van der Waals surface area contributed by atoms with Gasteiger partial charge in [-0.3, -0.25) is 0 Å². The lowest BCUT2D eigenvalue weighted by molar-refractivity contribution is 0.0800. The Bertz CT molecular complexity index is 546. The highest BCUT2D eigenvalue weighted by Gasteiger charge is 2.27. The third kappa shape index (κ3) is 2.49. The zero-order chi connectivity index (χ0) is 13.9. The topological polar surface area (TPSA) is 21.3 Å². The third-order valence-electron chi connectivity index (χ3n) is 3.74. The van der Waals surface area contributed by atoms with Gasteiger partial charge in [-0.1, -0.05) is 48.5 Å². The van der Waals surface area contributed by atoms with Crippen molar-refractivity contribution in [1.82, 2.24) is 5.32 Å². The zero-order valence-electron chi connectivity index (χ0n) is 12.1. The van der Waals surface area contributed by atoms with Crippen LogP contribution in [0, 0.1) is 0 Å². The average Bonchev–Trinajstić information content (AvgIpc) is 2.78. The SMILES string of the molecule is CC(C)OCCNC1c2ccccc2-c2ccccc21. The predicted octanol–water partition coefficient (Wildman–Crippen LogP) is 3.77. The molecule has 0 spiro atoms. The van der Waals surface area contributed by atoms with E-state index in [1.54, 1.807) is 0 Å². The molecule has 0 bridgehead atoms. The Morgan fingerprint density at radius 2 is 1.50 bits per heavy atom. The van der Waals surface area contributed by atoms with Crippen molar-refractivity contribution < 1.29 is 4.74 Å². The molecule has 0 fully saturated rings. The number of benzene rings is 2. The van der Waals surface area contributed by atoms with Crippen LogP contribution < -0.4 is 5.32 Å². The van der Waals surface area contributed by atoms with Gasteiger partial charge < -0.3 is 10.1 Å². The van der Waals surface area contributed by atoms with Crippen LogP contribution in [0.15, 0.2) is 48.5 Å². The molecule has 2 heteroatoms. The minimum absolute atomic E-state index is 0.290. The summed E-state index contributed by atoms with van der Waals surface area (Å²) in [4.78, 5) is 0. The Labute approximate surface area is 120 Å². The first-order chi connectivity index (χ1) is 9.77. The van der Waals surface area contributed by atoms with E-state index in [1.165, 1.54) is 22.3 Å². The van der Waals surface area contributed by atoms with E-state index in [9.17, 15) is 0 Å². The minimum atomic E-state index is 0.290. The van der Waals surface area contributed by atoms with E-state index < -0.39 is 0 Å². The second-order valence-electron chi connectivity index (χ2n) is 5.48. The predicted molar refractivity (Wildman–Crippen MR) is 82.8 cm³/mol. The van der Waals surface area contributed by atoms with Gasteiger partial charge in [0.05, 0.1) is 18.8 Å². The lowest BCUT2D eigenvalue weighted by Crippen LogP contribution is -2.25. The van der Waals surface area contributed by atoms with Crippen molar-refractivity contribution in [3.63, 3.8) is 0 Å². The fourth-order valence-corrected chi connectivity index (χ4v) is 2.87. The van der Waals surface area contributed by atoms with Gasteiger partial charge in [-0.05, 0) is 36.1 Å². The van der Waals surface area contributed by atoms with Crippen LogP contribution in [0.2, 0.25) is 0 Å². The van der Waals surface area contributed by atoms with Crippen molar-refractivity contribution in [1.29, 1.82) is 0 Å². The molecule has 0 unspecified atom stereocenters. The number of hydrogen-bond acceptors (Lipinski definition) is 2. The van der Waals surface area contributed by atoms with Crippen molar-refractivity contribution >= 4 is 0 Å². The Morgan fingerprint density at radius 1 is 0.950 bits per heavy atom. The summed E-state index contributed by atoms with van der Waals surface area (Å²) in [5.41, 5.74) is 5.45. The highest BCUT2D eigenvalue weighted by atomic mass is 16.5. The maximum Gasteiger partial charge on any atom is 0.0594 e. The molecule has 104 valence electrons. The molecule has 1 aliphatic rings. The fourth-order valence-electron chi connectivity index (χ4n) is 2.87. The van der Waals surface area contributed by atoms with Crippen molar-refractivity contribution in [3.8, 4) is 11.1 Å². The second kappa shape index (κ2) is 5.78. The molecule has 0 heterocycles. The van der Waals surface area contributed by atoms with E-state index in [2.05, 4.69) is 67.7 Å². The van der Waals surface area contributed by atoms with Gasteiger partial charge in [0.2, 0.25) is 0 Å². The van der Waals surface area contributed by atoms with Gasteiger partial charge in [-0.15, -0.1) is 0 Å². The van der Waals surface area contributed by atoms with Crippen LogP contribution in [0.25, 0.3) is 11.1 Å². The highest BCUT2D eigenvalue weighted by molar-refractivity contribution is 5.78. The highest BCUT2D eigenvalue weighted by Crippen LogP contribution is 2.42. The van der Waals surface area contributed by atoms with E-state index in [4.69, 9.17) is 4.74 Å². The number of ether oxygens (including phenoxy) is 1. The standard InChI is InChI=1S/C18H21NO/c1-13(2)20-12-11-19-18-16-9-5-3-7-14(16)15-8-4-6-10-17(15)18/h3-10,13,18-19H,11-12H2,1-2H3. The van der Waals surface area contributed by atoms with Gasteiger partial charge in [0, 0.05) is 6.54 Å². The molecule has 1 N–H and O–H groups in total. The Morgan fingerprint density at radius 3 is 2.05 bits per heavy atom. The van der Waals surface area contributed by atoms with Crippen molar-refractivity contribution in [3.05, 3.63) is 59.7 Å². The molecule has 0 aliphatic heterocycles. The molecular weight excluding hydrogens is 246 g/mol. The van der Waals surface area contributed by atoms with Crippen LogP contribution in [0.1, 0.15) is 31.0 Å². The lowest BCUT2D eigenvalue weighted by Gasteiger charge is -2.16. The summed E-state index contributed by atoms with van der Waals surface area (Å²) in [5, 5.41) is 3.62. The summed E-state index contributed by atoms with van der Waals surface area (Å²) in [6.07, 6.45) is 0.292. The molecule has 0 amide bonds. The van der Waals surface area contributed by atoms with E-state index in [0.29, 0.717) is 6.10 Å². The quantitative estimate of drug-likeness (QED) is 0.833. The summed E-state index contributed by atoms with van der Waals surface area (Å²) < 4.78 is 5.62. The molecular formula is C18H21NO. The van der Waals surface area contributed by atoms with Gasteiger partial charge in [0.15, 0.2) is 0 Å². The molecule has 2 nitrogen and oxygen atoms in total. The monoisotopic (exact) mass is 267 g/mol. The van der Waals surface area contributed by atoms with Crippen molar-refractivity contribution in [2.75, 3.05) is 13.2 Å². The van der Waals surface area contributed by atoms with Crippen LogP contribution >= 0.6 is 0 Å². The second-order valence-corrected chi connectivity index (χ2v) is 5.48. The molecule has 0 saturated carbocycles. The van der Waals surface area contributed by atoms with Crippen LogP contribution in [-0.2, 0) is 4.74 Å². The average molecular weight is 267 g/mol. The molecule has 0 atom stereocenters. The Balaban J connectivity index is 1.80. The lowest BCUT2D eigenvalue weighted by atomic mass is 10.1. The summed E-state index contributed by atoms with van der Waals surface area (Å²) in [6.45, 7) is 5.75. The maximum atomic E-state index is 5.62. The first kappa shape index (κ1) is 13.3. The van der Waals surface area contributed by atoms with Gasteiger partial charge in [0.1, 0.15) is 0 Å². The molecule has 3 rings (SSSR count). The maximum absolute atomic E-state index is 5.62. The number of fused-ring (bicyclic) bond motifs is 3. The Hall–Kier alpha value is -1.64. The zero-order valence-corrected chi connectivity index (χ0v) is 12.1. The molecule has 0 saturated heterocycles. The van der Waals surface area contributed by atoms with Crippen molar-refractivity contribution in [2.45, 2.75) is 26.0 Å². The third-order valence-corrected chi connectivity index (χ3v) is 3.74. The van der Waals surface area contributed by atoms with Crippen LogP contribution in [0.3, 0.4) is 0 Å². The summed E-state index contributed by atoms with van der Waals surface area (Å²) in [5.74, 6) is 0. The summed E-state index contributed by atoms with van der Waals surface area (Å²) in [7, 11) is 0. The van der Waals surface area contributed by atoms with E-state index >= 15 is 0 Å². The van der Waals surface area contributed by atoms with Gasteiger partial charge in [-0.2, -0.15) is 0 Å². The molecule has 1 aliphatic carbocycles. The Kier molecular flexibility index (Phi) is 3.86. The molecule has 0 aromatic heterocycles. The van der Waals surface area contributed by atoms with Crippen LogP contribution in [0.5, 0.6) is 0 Å². The van der Waals surface area contributed by atoms with Crippen LogP contribution in [0.4, 0.5) is 0 Å². The largest absolute Gasteiger partial charge is 0.377 e. The van der Waals surface area contributed by atoms with E-state index in [1.807, 2.05) is 0 Å². The number of hydrogen-bond donors (Lipinski definition) is 1. The minimum Gasteiger partial charge on any atom is -0.377 e. The molecule has 2 aromatic rings. The van der Waals surface area contributed by atoms with E-state index in [-0.39, 0.29) is 6.04 Å². The van der Waals surface area contributed by atoms with Crippen LogP contribution in [-0.4, -0.2) is 19.3 Å². The normalized spacial score (nSPS) is 13.6. The number of nitrogens with one attached hydrogen (secondary N) is 1. The first-order valence-electron chi connectivity index (χ1n) is 7.30. The van der Waals surface area contributed by atoms with E-state index in [0.717, 1.165) is 13.2 Å². The van der Waals surface area contributed by atoms with Crippen molar-refractivity contribution in [2.24, 2.45) is 0 Å². The van der Waals surface area contributed by atoms with Gasteiger partial charge in [0.25, 0.3) is 0 Å². The fraction of sp³-hybridized carbons (Fsp3) is 0.333. The molecule has 2 aromatic carbocycles. The summed E-state index contributed by atoms with van der Waals surface area (Å²) in [6, 6.07) is 17.6. The molecule has 0 radical (unpaired) electrons. The summed E-state index contributed by atoms with van der Waals surface area (Å²) >= 11 is 0. The van der Waals surface area contributed by atoms with Gasteiger partial charge in [-0.25, -0.2) is 0 Å². The van der Waals surface area contributed by atoms with Gasteiger partial charge >= 0.3 is 0 Å². The first-order valence-corrected chi connectivity index (χ1v) is 7.30.